The lowest BCUT2D eigenvalue weighted by molar-refractivity contribution is 0.353. The van der Waals surface area contributed by atoms with Crippen LogP contribution in [0.2, 0.25) is 0 Å². The van der Waals surface area contributed by atoms with Crippen molar-refractivity contribution in [3.8, 4) is 17.6 Å². The van der Waals surface area contributed by atoms with E-state index in [1.54, 1.807) is 6.07 Å². The van der Waals surface area contributed by atoms with E-state index < -0.39 is 10.0 Å². The third kappa shape index (κ3) is 3.62. The van der Waals surface area contributed by atoms with Gasteiger partial charge in [0.15, 0.2) is 11.5 Å². The number of hydrogen-bond donors (Lipinski definition) is 0. The van der Waals surface area contributed by atoms with Gasteiger partial charge >= 0.3 is 0 Å². The maximum atomic E-state index is 12.3. The van der Waals surface area contributed by atoms with Crippen LogP contribution >= 0.6 is 0 Å². The first kappa shape index (κ1) is 16.3. The minimum Gasteiger partial charge on any atom is -0.493 e. The summed E-state index contributed by atoms with van der Waals surface area (Å²) >= 11 is 0. The van der Waals surface area contributed by atoms with Crippen LogP contribution in [0.5, 0.6) is 11.5 Å². The first-order valence-electron chi connectivity index (χ1n) is 6.02. The third-order valence-electron chi connectivity index (χ3n) is 2.82. The van der Waals surface area contributed by atoms with Gasteiger partial charge in [-0.05, 0) is 18.6 Å². The highest BCUT2D eigenvalue weighted by molar-refractivity contribution is 7.89. The van der Waals surface area contributed by atoms with Crippen molar-refractivity contribution in [2.24, 2.45) is 0 Å². The SMILES string of the molecule is COc1ccc(S(=O)(=O)N(C)CCCC#N)cc1OC. The van der Waals surface area contributed by atoms with Gasteiger partial charge in [0.05, 0.1) is 25.2 Å². The van der Waals surface area contributed by atoms with Crippen LogP contribution in [-0.2, 0) is 10.0 Å². The molecule has 0 saturated heterocycles. The molecule has 1 aromatic rings. The van der Waals surface area contributed by atoms with Gasteiger partial charge in [0.2, 0.25) is 10.0 Å². The molecule has 7 heteroatoms. The molecule has 0 bridgehead atoms. The second kappa shape index (κ2) is 7.12. The van der Waals surface area contributed by atoms with E-state index >= 15 is 0 Å². The topological polar surface area (TPSA) is 79.6 Å². The first-order valence-corrected chi connectivity index (χ1v) is 7.46. The summed E-state index contributed by atoms with van der Waals surface area (Å²) in [6.45, 7) is 0.296. The predicted octanol–water partition coefficient (Wildman–Crippen LogP) is 1.63. The normalized spacial score (nSPS) is 11.2. The minimum absolute atomic E-state index is 0.134. The summed E-state index contributed by atoms with van der Waals surface area (Å²) in [6, 6.07) is 6.44. The molecule has 0 aliphatic rings. The number of hydrogen-bond acceptors (Lipinski definition) is 5. The number of benzene rings is 1. The molecule has 0 heterocycles. The standard InChI is InChI=1S/C13H18N2O4S/c1-15(9-5-4-8-14)20(16,17)11-6-7-12(18-2)13(10-11)19-3/h6-7,10H,4-5,9H2,1-3H3. The molecular weight excluding hydrogens is 280 g/mol. The molecule has 1 aromatic carbocycles. The van der Waals surface area contributed by atoms with Crippen LogP contribution in [0.15, 0.2) is 23.1 Å². The monoisotopic (exact) mass is 298 g/mol. The summed E-state index contributed by atoms with van der Waals surface area (Å²) in [5, 5.41) is 8.48. The van der Waals surface area contributed by atoms with Gasteiger partial charge in [0.25, 0.3) is 0 Å². The smallest absolute Gasteiger partial charge is 0.242 e. The Bertz CT molecular complexity index is 593. The fraction of sp³-hybridized carbons (Fsp3) is 0.462. The zero-order valence-corrected chi connectivity index (χ0v) is 12.6. The van der Waals surface area contributed by atoms with Gasteiger partial charge in [-0.1, -0.05) is 0 Å². The van der Waals surface area contributed by atoms with Crippen molar-refractivity contribution in [3.63, 3.8) is 0 Å². The molecule has 0 radical (unpaired) electrons. The van der Waals surface area contributed by atoms with Gasteiger partial charge in [-0.2, -0.15) is 5.26 Å². The summed E-state index contributed by atoms with van der Waals surface area (Å²) in [7, 11) is 0.836. The molecule has 0 N–H and O–H groups in total. The quantitative estimate of drug-likeness (QED) is 0.715. The van der Waals surface area contributed by atoms with Crippen LogP contribution in [0.25, 0.3) is 0 Å². The molecule has 6 nitrogen and oxygen atoms in total. The molecule has 0 atom stereocenters. The Morgan fingerprint density at radius 1 is 1.25 bits per heavy atom. The summed E-state index contributed by atoms with van der Waals surface area (Å²) < 4.78 is 36.1. The van der Waals surface area contributed by atoms with E-state index in [-0.39, 0.29) is 4.90 Å². The predicted molar refractivity (Wildman–Crippen MR) is 74.2 cm³/mol. The van der Waals surface area contributed by atoms with E-state index in [0.29, 0.717) is 30.9 Å². The van der Waals surface area contributed by atoms with Gasteiger partial charge in [0.1, 0.15) is 0 Å². The summed E-state index contributed by atoms with van der Waals surface area (Å²) in [5.74, 6) is 0.831. The van der Waals surface area contributed by atoms with Gasteiger partial charge in [-0.15, -0.1) is 0 Å². The number of nitriles is 1. The molecule has 0 aromatic heterocycles. The number of sulfonamides is 1. The Balaban J connectivity index is 3.00. The van der Waals surface area contributed by atoms with E-state index in [4.69, 9.17) is 14.7 Å². The van der Waals surface area contributed by atoms with E-state index in [1.807, 2.05) is 6.07 Å². The van der Waals surface area contributed by atoms with Crippen LogP contribution < -0.4 is 9.47 Å². The Morgan fingerprint density at radius 2 is 1.90 bits per heavy atom. The van der Waals surface area contributed by atoms with Crippen molar-refractivity contribution in [2.75, 3.05) is 27.8 Å². The lowest BCUT2D eigenvalue weighted by Gasteiger charge is -2.17. The zero-order chi connectivity index (χ0) is 15.2. The number of unbranched alkanes of at least 4 members (excludes halogenated alkanes) is 1. The van der Waals surface area contributed by atoms with Gasteiger partial charge < -0.3 is 9.47 Å². The lowest BCUT2D eigenvalue weighted by atomic mass is 10.3. The van der Waals surface area contributed by atoms with Gasteiger partial charge in [-0.3, -0.25) is 0 Å². The average molecular weight is 298 g/mol. The summed E-state index contributed by atoms with van der Waals surface area (Å²) in [4.78, 5) is 0.134. The van der Waals surface area contributed by atoms with Crippen LogP contribution in [0.4, 0.5) is 0 Å². The van der Waals surface area contributed by atoms with Crippen molar-refractivity contribution < 1.29 is 17.9 Å². The van der Waals surface area contributed by atoms with Crippen molar-refractivity contribution in [1.82, 2.24) is 4.31 Å². The zero-order valence-electron chi connectivity index (χ0n) is 11.8. The molecule has 0 amide bonds. The van der Waals surface area contributed by atoms with E-state index in [1.165, 1.54) is 37.7 Å². The van der Waals surface area contributed by atoms with Crippen LogP contribution in [0, 0.1) is 11.3 Å². The highest BCUT2D eigenvalue weighted by atomic mass is 32.2. The Labute approximate surface area is 119 Å². The van der Waals surface area contributed by atoms with Crippen molar-refractivity contribution >= 4 is 10.0 Å². The maximum Gasteiger partial charge on any atom is 0.242 e. The Kier molecular flexibility index (Phi) is 5.80. The molecule has 0 aliphatic carbocycles. The molecule has 0 fully saturated rings. The van der Waals surface area contributed by atoms with Crippen LogP contribution in [0.1, 0.15) is 12.8 Å². The van der Waals surface area contributed by atoms with Gasteiger partial charge in [-0.25, -0.2) is 12.7 Å². The highest BCUT2D eigenvalue weighted by Gasteiger charge is 2.22. The largest absolute Gasteiger partial charge is 0.493 e. The molecule has 0 unspecified atom stereocenters. The summed E-state index contributed by atoms with van der Waals surface area (Å²) in [6.07, 6.45) is 0.825. The Hall–Kier alpha value is -1.78. The van der Waals surface area contributed by atoms with Crippen molar-refractivity contribution in [1.29, 1.82) is 5.26 Å². The highest BCUT2D eigenvalue weighted by Crippen LogP contribution is 2.30. The molecule has 0 spiro atoms. The average Bonchev–Trinajstić information content (AvgIpc) is 2.46. The maximum absolute atomic E-state index is 12.3. The molecule has 110 valence electrons. The molecule has 1 rings (SSSR count). The number of ether oxygens (including phenoxy) is 2. The minimum atomic E-state index is -3.59. The first-order chi connectivity index (χ1) is 9.47. The number of nitrogens with zero attached hydrogens (tertiary/aromatic N) is 2. The Morgan fingerprint density at radius 3 is 2.45 bits per heavy atom. The van der Waals surface area contributed by atoms with Crippen molar-refractivity contribution in [2.45, 2.75) is 17.7 Å². The fourth-order valence-corrected chi connectivity index (χ4v) is 2.88. The molecule has 0 saturated carbocycles. The second-order valence-corrected chi connectivity index (χ2v) is 6.15. The third-order valence-corrected chi connectivity index (χ3v) is 4.68. The van der Waals surface area contributed by atoms with Crippen LogP contribution in [-0.4, -0.2) is 40.5 Å². The fourth-order valence-electron chi connectivity index (χ4n) is 1.66. The molecular formula is C13H18N2O4S. The van der Waals surface area contributed by atoms with Gasteiger partial charge in [0, 0.05) is 26.1 Å². The second-order valence-electron chi connectivity index (χ2n) is 4.11. The lowest BCUT2D eigenvalue weighted by Crippen LogP contribution is -2.28. The molecule has 0 aliphatic heterocycles. The molecule has 20 heavy (non-hydrogen) atoms. The van der Waals surface area contributed by atoms with Crippen molar-refractivity contribution in [3.05, 3.63) is 18.2 Å². The summed E-state index contributed by atoms with van der Waals surface area (Å²) in [5.41, 5.74) is 0. The number of methoxy groups -OCH3 is 2. The number of rotatable bonds is 7. The van der Waals surface area contributed by atoms with E-state index in [9.17, 15) is 8.42 Å². The van der Waals surface area contributed by atoms with E-state index in [2.05, 4.69) is 0 Å². The van der Waals surface area contributed by atoms with Crippen LogP contribution in [0.3, 0.4) is 0 Å². The van der Waals surface area contributed by atoms with E-state index in [0.717, 1.165) is 0 Å².